The lowest BCUT2D eigenvalue weighted by atomic mass is 10.1. The van der Waals surface area contributed by atoms with E-state index in [0.29, 0.717) is 23.4 Å². The van der Waals surface area contributed by atoms with Gasteiger partial charge in [-0.15, -0.1) is 5.10 Å². The quantitative estimate of drug-likeness (QED) is 0.530. The first-order chi connectivity index (χ1) is 14.1. The van der Waals surface area contributed by atoms with Crippen molar-refractivity contribution in [2.24, 2.45) is 7.05 Å². The van der Waals surface area contributed by atoms with Crippen LogP contribution >= 0.6 is 11.6 Å². The third-order valence-corrected chi connectivity index (χ3v) is 5.53. The highest BCUT2D eigenvalue weighted by molar-refractivity contribution is 6.38. The molecule has 2 aromatic heterocycles. The van der Waals surface area contributed by atoms with Crippen LogP contribution in [0.4, 0.5) is 17.3 Å². The van der Waals surface area contributed by atoms with Crippen LogP contribution in [0.3, 0.4) is 0 Å². The number of fused-ring (bicyclic) bond motifs is 2. The van der Waals surface area contributed by atoms with Crippen molar-refractivity contribution in [3.05, 3.63) is 41.6 Å². The summed E-state index contributed by atoms with van der Waals surface area (Å²) in [7, 11) is 1.84. The minimum absolute atomic E-state index is 0.586. The summed E-state index contributed by atoms with van der Waals surface area (Å²) >= 11 is 6.51. The molecule has 0 radical (unpaired) electrons. The largest absolute Gasteiger partial charge is 0.490 e. The second-order valence-corrected chi connectivity index (χ2v) is 7.25. The van der Waals surface area contributed by atoms with Crippen molar-refractivity contribution in [3.63, 3.8) is 0 Å². The topological polar surface area (TPSA) is 83.9 Å². The smallest absolute Gasteiger partial charge is 0.225 e. The molecule has 0 saturated carbocycles. The van der Waals surface area contributed by atoms with Gasteiger partial charge < -0.3 is 15.0 Å². The lowest BCUT2D eigenvalue weighted by molar-refractivity contribution is 0.308. The van der Waals surface area contributed by atoms with Crippen molar-refractivity contribution >= 4 is 39.8 Å². The van der Waals surface area contributed by atoms with Crippen LogP contribution in [-0.2, 0) is 7.05 Å². The first-order valence-electron chi connectivity index (χ1n) is 9.46. The normalized spacial score (nSPS) is 13.4. The van der Waals surface area contributed by atoms with Crippen LogP contribution in [0.2, 0.25) is 5.02 Å². The van der Waals surface area contributed by atoms with Gasteiger partial charge in [0, 0.05) is 24.5 Å². The molecule has 29 heavy (non-hydrogen) atoms. The zero-order chi connectivity index (χ0) is 20.0. The van der Waals surface area contributed by atoms with E-state index in [0.717, 1.165) is 46.7 Å². The van der Waals surface area contributed by atoms with Gasteiger partial charge in [-0.05, 0) is 37.3 Å². The molecule has 148 valence electrons. The van der Waals surface area contributed by atoms with Crippen molar-refractivity contribution in [2.45, 2.75) is 6.92 Å². The molecule has 0 amide bonds. The highest BCUT2D eigenvalue weighted by atomic mass is 35.5. The summed E-state index contributed by atoms with van der Waals surface area (Å²) in [5.74, 6) is 2.08. The number of anilines is 3. The summed E-state index contributed by atoms with van der Waals surface area (Å²) in [6, 6.07) is 9.92. The van der Waals surface area contributed by atoms with E-state index >= 15 is 0 Å². The maximum absolute atomic E-state index is 6.51. The molecule has 2 aromatic carbocycles. The first-order valence-corrected chi connectivity index (χ1v) is 9.83. The molecule has 9 heteroatoms. The maximum Gasteiger partial charge on any atom is 0.225 e. The van der Waals surface area contributed by atoms with Crippen LogP contribution < -0.4 is 15.0 Å². The van der Waals surface area contributed by atoms with Gasteiger partial charge in [0.15, 0.2) is 5.82 Å². The molecular formula is C20H20ClN7O. The highest BCUT2D eigenvalue weighted by Gasteiger charge is 2.19. The fraction of sp³-hybridized carbons (Fsp3) is 0.250. The number of aryl methyl sites for hydroxylation is 1. The summed E-state index contributed by atoms with van der Waals surface area (Å²) in [6.45, 7) is 4.68. The van der Waals surface area contributed by atoms with Crippen molar-refractivity contribution < 1.29 is 4.74 Å². The molecule has 0 aliphatic carbocycles. The molecule has 0 atom stereocenters. The Hall–Kier alpha value is -3.26. The van der Waals surface area contributed by atoms with E-state index in [1.54, 1.807) is 10.9 Å². The van der Waals surface area contributed by atoms with E-state index in [1.165, 1.54) is 0 Å². The molecule has 5 rings (SSSR count). The number of likely N-dealkylation sites (N-methyl/N-ethyl adjacent to an activating group) is 1. The predicted octanol–water partition coefficient (Wildman–Crippen LogP) is 3.97. The number of rotatable bonds is 4. The Bertz CT molecular complexity index is 1200. The van der Waals surface area contributed by atoms with Crippen molar-refractivity contribution in [3.8, 4) is 17.1 Å². The lowest BCUT2D eigenvalue weighted by Gasteiger charge is -2.30. The third-order valence-electron chi connectivity index (χ3n) is 5.13. The number of H-pyrrole nitrogens is 1. The molecule has 2 N–H and O–H groups in total. The monoisotopic (exact) mass is 409 g/mol. The Balaban J connectivity index is 1.46. The van der Waals surface area contributed by atoms with Gasteiger partial charge in [0.1, 0.15) is 12.4 Å². The van der Waals surface area contributed by atoms with Crippen LogP contribution in [0, 0.1) is 0 Å². The van der Waals surface area contributed by atoms with Crippen LogP contribution in [-0.4, -0.2) is 44.7 Å². The first kappa shape index (κ1) is 17.8. The molecular weight excluding hydrogens is 390 g/mol. The molecule has 3 heterocycles. The van der Waals surface area contributed by atoms with Gasteiger partial charge in [0.05, 0.1) is 34.7 Å². The zero-order valence-electron chi connectivity index (χ0n) is 16.1. The average Bonchev–Trinajstić information content (AvgIpc) is 3.36. The molecule has 0 spiro atoms. The van der Waals surface area contributed by atoms with Crippen molar-refractivity contribution in [1.82, 2.24) is 25.0 Å². The summed E-state index contributed by atoms with van der Waals surface area (Å²) in [6.07, 6.45) is 1.71. The fourth-order valence-corrected chi connectivity index (χ4v) is 3.82. The number of benzene rings is 2. The average molecular weight is 410 g/mol. The summed E-state index contributed by atoms with van der Waals surface area (Å²) in [5.41, 5.74) is 3.64. The van der Waals surface area contributed by atoms with E-state index in [1.807, 2.05) is 31.3 Å². The number of ether oxygens (including phenoxy) is 1. The second kappa shape index (κ2) is 6.97. The number of nitrogens with one attached hydrogen (secondary N) is 2. The van der Waals surface area contributed by atoms with Gasteiger partial charge in [-0.1, -0.05) is 11.6 Å². The van der Waals surface area contributed by atoms with E-state index in [-0.39, 0.29) is 0 Å². The Morgan fingerprint density at radius 1 is 1.28 bits per heavy atom. The van der Waals surface area contributed by atoms with Gasteiger partial charge in [0.25, 0.3) is 0 Å². The fourth-order valence-electron chi connectivity index (χ4n) is 3.56. The van der Waals surface area contributed by atoms with Crippen LogP contribution in [0.25, 0.3) is 22.3 Å². The van der Waals surface area contributed by atoms with Gasteiger partial charge in [-0.2, -0.15) is 10.1 Å². The number of hydrogen-bond donors (Lipinski definition) is 2. The third kappa shape index (κ3) is 3.05. The van der Waals surface area contributed by atoms with Gasteiger partial charge in [-0.25, -0.2) is 4.68 Å². The predicted molar refractivity (Wildman–Crippen MR) is 114 cm³/mol. The van der Waals surface area contributed by atoms with Crippen molar-refractivity contribution in [1.29, 1.82) is 0 Å². The number of aromatic amines is 1. The molecule has 0 saturated heterocycles. The molecule has 0 unspecified atom stereocenters. The minimum atomic E-state index is 0.586. The SMILES string of the molecule is CCN1CCOc2cc(-c3nc(Nc4ccc5[nH]ncc5c4Cl)n(C)n3)ccc21. The number of halogens is 1. The molecule has 0 bridgehead atoms. The van der Waals surface area contributed by atoms with Crippen LogP contribution in [0.1, 0.15) is 6.92 Å². The van der Waals surface area contributed by atoms with Crippen LogP contribution in [0.15, 0.2) is 36.5 Å². The Labute approximate surface area is 172 Å². The van der Waals surface area contributed by atoms with E-state index in [2.05, 4.69) is 43.5 Å². The number of nitrogens with zero attached hydrogens (tertiary/aromatic N) is 5. The van der Waals surface area contributed by atoms with Crippen molar-refractivity contribution in [2.75, 3.05) is 29.9 Å². The number of aromatic nitrogens is 5. The van der Waals surface area contributed by atoms with Crippen LogP contribution in [0.5, 0.6) is 5.75 Å². The zero-order valence-corrected chi connectivity index (χ0v) is 16.9. The molecule has 8 nitrogen and oxygen atoms in total. The Morgan fingerprint density at radius 3 is 3.03 bits per heavy atom. The maximum atomic E-state index is 6.51. The van der Waals surface area contributed by atoms with Gasteiger partial charge in [-0.3, -0.25) is 5.10 Å². The molecule has 4 aromatic rings. The standard InChI is InChI=1S/C20H20ClN7O/c1-3-28-8-9-29-17-10-12(4-7-16(17)28)19-24-20(27(2)26-19)23-15-6-5-14-13(18(15)21)11-22-25-14/h4-7,10-11H,3,8-9H2,1-2H3,(H,22,25)(H,23,24,26). The van der Waals surface area contributed by atoms with Gasteiger partial charge in [0.2, 0.25) is 5.95 Å². The summed E-state index contributed by atoms with van der Waals surface area (Å²) in [5, 5.41) is 16.2. The Morgan fingerprint density at radius 2 is 2.17 bits per heavy atom. The highest BCUT2D eigenvalue weighted by Crippen LogP contribution is 2.36. The summed E-state index contributed by atoms with van der Waals surface area (Å²) < 4.78 is 7.55. The Kier molecular flexibility index (Phi) is 4.28. The second-order valence-electron chi connectivity index (χ2n) is 6.88. The van der Waals surface area contributed by atoms with E-state index in [9.17, 15) is 0 Å². The number of hydrogen-bond acceptors (Lipinski definition) is 6. The molecule has 0 fully saturated rings. The van der Waals surface area contributed by atoms with E-state index in [4.69, 9.17) is 16.3 Å². The van der Waals surface area contributed by atoms with Gasteiger partial charge >= 0.3 is 0 Å². The molecule has 1 aliphatic heterocycles. The minimum Gasteiger partial charge on any atom is -0.490 e. The summed E-state index contributed by atoms with van der Waals surface area (Å²) in [4.78, 5) is 6.96. The lowest BCUT2D eigenvalue weighted by Crippen LogP contribution is -2.32. The molecule has 1 aliphatic rings. The van der Waals surface area contributed by atoms with E-state index < -0.39 is 0 Å².